The summed E-state index contributed by atoms with van der Waals surface area (Å²) in [7, 11) is 0. The fourth-order valence-electron chi connectivity index (χ4n) is 9.32. The summed E-state index contributed by atoms with van der Waals surface area (Å²) in [6.45, 7) is 6.53. The third-order valence-corrected chi connectivity index (χ3v) is 13.7. The standard InChI is InChI=1S/C57H113NO5/c1-4-7-10-13-16-19-22-25-27-29-31-33-36-39-42-45-48-53(63-57(62)50-47-44-41-38-35-32-30-28-26-23-20-17-14-11-8-5-2)51-56(61)58-54(52-59)55(60)49-46-43-40-37-34-24-21-18-15-12-9-6-3/h53-55,59-60H,4-52H2,1-3H3,(H,58,61). The van der Waals surface area contributed by atoms with E-state index in [0.717, 1.165) is 38.5 Å². The molecule has 6 heteroatoms. The summed E-state index contributed by atoms with van der Waals surface area (Å²) in [6, 6.07) is -0.692. The predicted octanol–water partition coefficient (Wildman–Crippen LogP) is 17.5. The van der Waals surface area contributed by atoms with Gasteiger partial charge >= 0.3 is 5.97 Å². The lowest BCUT2D eigenvalue weighted by Crippen LogP contribution is -2.46. The van der Waals surface area contributed by atoms with Crippen molar-refractivity contribution in [1.82, 2.24) is 5.32 Å². The van der Waals surface area contributed by atoms with Gasteiger partial charge in [-0.3, -0.25) is 9.59 Å². The molecular formula is C57H113NO5. The van der Waals surface area contributed by atoms with E-state index < -0.39 is 18.2 Å². The van der Waals surface area contributed by atoms with Crippen molar-refractivity contribution in [1.29, 1.82) is 0 Å². The SMILES string of the molecule is CCCCCCCCCCCCCCCCCCC(=O)OC(CCCCCCCCCCCCCCCCCC)CC(=O)NC(CO)C(O)CCCCCCCCCCCCCC. The van der Waals surface area contributed by atoms with E-state index in [1.165, 1.54) is 244 Å². The smallest absolute Gasteiger partial charge is 0.306 e. The number of aliphatic hydroxyl groups is 2. The molecule has 0 heterocycles. The minimum absolute atomic E-state index is 0.0886. The Morgan fingerprint density at radius 2 is 0.667 bits per heavy atom. The van der Waals surface area contributed by atoms with Crippen LogP contribution in [0.3, 0.4) is 0 Å². The second-order valence-corrected chi connectivity index (χ2v) is 20.1. The zero-order valence-electron chi connectivity index (χ0n) is 43.0. The maximum atomic E-state index is 13.2. The highest BCUT2D eigenvalue weighted by molar-refractivity contribution is 5.77. The van der Waals surface area contributed by atoms with Crippen LogP contribution in [0.4, 0.5) is 0 Å². The minimum Gasteiger partial charge on any atom is -0.462 e. The van der Waals surface area contributed by atoms with Crippen LogP contribution in [0.15, 0.2) is 0 Å². The molecule has 3 unspecified atom stereocenters. The van der Waals surface area contributed by atoms with E-state index in [4.69, 9.17) is 4.74 Å². The summed E-state index contributed by atoms with van der Waals surface area (Å²) >= 11 is 0. The number of ether oxygens (including phenoxy) is 1. The molecule has 63 heavy (non-hydrogen) atoms. The summed E-state index contributed by atoms with van der Waals surface area (Å²) < 4.78 is 5.97. The van der Waals surface area contributed by atoms with Crippen molar-refractivity contribution in [3.8, 4) is 0 Å². The Bertz CT molecular complexity index is 913. The first-order valence-corrected chi connectivity index (χ1v) is 28.8. The van der Waals surface area contributed by atoms with Gasteiger partial charge in [0.25, 0.3) is 0 Å². The third-order valence-electron chi connectivity index (χ3n) is 13.7. The molecule has 0 aromatic heterocycles. The first-order valence-electron chi connectivity index (χ1n) is 28.8. The molecule has 0 spiro atoms. The second kappa shape index (κ2) is 51.8. The van der Waals surface area contributed by atoms with Crippen LogP contribution in [0, 0.1) is 0 Å². The molecular weight excluding hydrogens is 779 g/mol. The molecule has 1 amide bonds. The number of nitrogens with one attached hydrogen (secondary N) is 1. The van der Waals surface area contributed by atoms with E-state index in [1.807, 2.05) is 0 Å². The molecule has 0 aliphatic carbocycles. The van der Waals surface area contributed by atoms with Gasteiger partial charge in [-0.05, 0) is 25.7 Å². The molecule has 3 atom stereocenters. The van der Waals surface area contributed by atoms with E-state index in [2.05, 4.69) is 26.1 Å². The van der Waals surface area contributed by atoms with Crippen LogP contribution < -0.4 is 5.32 Å². The predicted molar refractivity (Wildman–Crippen MR) is 274 cm³/mol. The van der Waals surface area contributed by atoms with Gasteiger partial charge in [0.1, 0.15) is 6.10 Å². The van der Waals surface area contributed by atoms with E-state index in [-0.39, 0.29) is 24.9 Å². The topological polar surface area (TPSA) is 95.9 Å². The Labute approximate surface area is 394 Å². The second-order valence-electron chi connectivity index (χ2n) is 20.1. The van der Waals surface area contributed by atoms with Crippen LogP contribution in [-0.2, 0) is 14.3 Å². The summed E-state index contributed by atoms with van der Waals surface area (Å²) in [5.41, 5.74) is 0. The van der Waals surface area contributed by atoms with Gasteiger partial charge in [0.05, 0.1) is 25.2 Å². The first-order chi connectivity index (χ1) is 31.0. The van der Waals surface area contributed by atoms with Gasteiger partial charge in [0, 0.05) is 6.42 Å². The van der Waals surface area contributed by atoms with Crippen LogP contribution in [0.25, 0.3) is 0 Å². The minimum atomic E-state index is -0.779. The average molecular weight is 893 g/mol. The quantitative estimate of drug-likeness (QED) is 0.0418. The Hall–Kier alpha value is -1.14. The van der Waals surface area contributed by atoms with E-state index in [9.17, 15) is 19.8 Å². The summed E-state index contributed by atoms with van der Waals surface area (Å²) in [5.74, 6) is -0.445. The highest BCUT2D eigenvalue weighted by Crippen LogP contribution is 2.19. The Morgan fingerprint density at radius 1 is 0.397 bits per heavy atom. The Morgan fingerprint density at radius 3 is 0.968 bits per heavy atom. The van der Waals surface area contributed by atoms with Crippen LogP contribution in [0.2, 0.25) is 0 Å². The maximum absolute atomic E-state index is 13.2. The maximum Gasteiger partial charge on any atom is 0.306 e. The van der Waals surface area contributed by atoms with Crippen LogP contribution in [0.5, 0.6) is 0 Å². The van der Waals surface area contributed by atoms with Crippen molar-refractivity contribution < 1.29 is 24.5 Å². The summed E-state index contributed by atoms with van der Waals surface area (Å²) in [6.07, 6.45) is 57.4. The van der Waals surface area contributed by atoms with Gasteiger partial charge in [-0.25, -0.2) is 0 Å². The van der Waals surface area contributed by atoms with Crippen molar-refractivity contribution >= 4 is 11.9 Å². The van der Waals surface area contributed by atoms with E-state index in [1.54, 1.807) is 0 Å². The molecule has 0 bridgehead atoms. The van der Waals surface area contributed by atoms with Gasteiger partial charge in [0.15, 0.2) is 0 Å². The van der Waals surface area contributed by atoms with Gasteiger partial charge in [-0.15, -0.1) is 0 Å². The van der Waals surface area contributed by atoms with Crippen molar-refractivity contribution in [2.24, 2.45) is 0 Å². The van der Waals surface area contributed by atoms with Gasteiger partial charge in [-0.2, -0.15) is 0 Å². The molecule has 6 nitrogen and oxygen atoms in total. The lowest BCUT2D eigenvalue weighted by Gasteiger charge is -2.24. The molecule has 376 valence electrons. The highest BCUT2D eigenvalue weighted by atomic mass is 16.5. The third kappa shape index (κ3) is 47.2. The number of carbonyl (C=O) groups is 2. The molecule has 3 N–H and O–H groups in total. The van der Waals surface area contributed by atoms with Crippen molar-refractivity contribution in [2.75, 3.05) is 6.61 Å². The molecule has 0 aliphatic rings. The highest BCUT2D eigenvalue weighted by Gasteiger charge is 2.24. The average Bonchev–Trinajstić information content (AvgIpc) is 3.28. The molecule has 0 aliphatic heterocycles. The monoisotopic (exact) mass is 892 g/mol. The number of rotatable bonds is 53. The van der Waals surface area contributed by atoms with Crippen LogP contribution in [0.1, 0.15) is 329 Å². The van der Waals surface area contributed by atoms with Crippen molar-refractivity contribution in [3.63, 3.8) is 0 Å². The lowest BCUT2D eigenvalue weighted by molar-refractivity contribution is -0.151. The fraction of sp³-hybridized carbons (Fsp3) is 0.965. The Kier molecular flexibility index (Phi) is 50.9. The molecule has 0 rings (SSSR count). The van der Waals surface area contributed by atoms with Crippen molar-refractivity contribution in [3.05, 3.63) is 0 Å². The van der Waals surface area contributed by atoms with E-state index >= 15 is 0 Å². The largest absolute Gasteiger partial charge is 0.462 e. The van der Waals surface area contributed by atoms with Crippen molar-refractivity contribution in [2.45, 2.75) is 347 Å². The first kappa shape index (κ1) is 61.9. The zero-order valence-corrected chi connectivity index (χ0v) is 43.0. The molecule has 0 fully saturated rings. The van der Waals surface area contributed by atoms with Gasteiger partial charge in [0.2, 0.25) is 5.91 Å². The lowest BCUT2D eigenvalue weighted by atomic mass is 10.0. The molecule has 0 radical (unpaired) electrons. The number of aliphatic hydroxyl groups excluding tert-OH is 2. The normalized spacial score (nSPS) is 13.0. The summed E-state index contributed by atoms with van der Waals surface area (Å²) in [4.78, 5) is 26.2. The van der Waals surface area contributed by atoms with Crippen LogP contribution in [-0.4, -0.2) is 46.9 Å². The Balaban J connectivity index is 4.49. The summed E-state index contributed by atoms with van der Waals surface area (Å²) in [5, 5.41) is 23.8. The van der Waals surface area contributed by atoms with Gasteiger partial charge < -0.3 is 20.3 Å². The molecule has 0 aromatic rings. The zero-order chi connectivity index (χ0) is 45.9. The molecule has 0 aromatic carbocycles. The van der Waals surface area contributed by atoms with Crippen LogP contribution >= 0.6 is 0 Å². The number of hydrogen-bond donors (Lipinski definition) is 3. The fourth-order valence-corrected chi connectivity index (χ4v) is 9.32. The number of hydrogen-bond acceptors (Lipinski definition) is 5. The number of unbranched alkanes of at least 4 members (excludes halogenated alkanes) is 41. The number of esters is 1. The number of carbonyl (C=O) groups excluding carboxylic acids is 2. The van der Waals surface area contributed by atoms with Gasteiger partial charge in [-0.1, -0.05) is 290 Å². The molecule has 0 saturated carbocycles. The number of amides is 1. The van der Waals surface area contributed by atoms with E-state index in [0.29, 0.717) is 19.3 Å². The molecule has 0 saturated heterocycles.